The van der Waals surface area contributed by atoms with Crippen LogP contribution in [0.3, 0.4) is 0 Å². The zero-order chi connectivity index (χ0) is 18.7. The first-order chi connectivity index (χ1) is 12.4. The van der Waals surface area contributed by atoms with Crippen molar-refractivity contribution in [3.8, 4) is 0 Å². The van der Waals surface area contributed by atoms with E-state index in [0.717, 1.165) is 36.5 Å². The van der Waals surface area contributed by atoms with Crippen molar-refractivity contribution < 1.29 is 9.53 Å². The second-order valence-electron chi connectivity index (χ2n) is 7.39. The number of pyridine rings is 1. The Morgan fingerprint density at radius 2 is 2.31 bits per heavy atom. The summed E-state index contributed by atoms with van der Waals surface area (Å²) < 4.78 is 7.24. The van der Waals surface area contributed by atoms with E-state index < -0.39 is 5.54 Å². The number of hydrogen-bond donors (Lipinski definition) is 2. The molecule has 2 aromatic heterocycles. The molecular formula is C19H29N5O2. The fourth-order valence-electron chi connectivity index (χ4n) is 3.55. The minimum atomic E-state index is -0.582. The monoisotopic (exact) mass is 359 g/mol. The molecule has 1 amide bonds. The molecule has 2 aromatic rings. The number of nitrogens with zero attached hydrogens (tertiary/aromatic N) is 3. The molecule has 0 spiro atoms. The molecule has 1 aliphatic heterocycles. The summed E-state index contributed by atoms with van der Waals surface area (Å²) in [4.78, 5) is 19.8. The lowest BCUT2D eigenvalue weighted by atomic mass is 10.0. The molecule has 0 bridgehead atoms. The Kier molecular flexibility index (Phi) is 5.60. The Hall–Kier alpha value is -1.96. The molecule has 1 atom stereocenters. The summed E-state index contributed by atoms with van der Waals surface area (Å²) in [6.45, 7) is 9.81. The van der Waals surface area contributed by atoms with E-state index in [-0.39, 0.29) is 11.9 Å². The SMILES string of the molecule is COCCN1CCNC[C@H]1C(=O)NC(C)(C)c1ncc2c(C)cccn12. The van der Waals surface area contributed by atoms with Gasteiger partial charge >= 0.3 is 0 Å². The Balaban J connectivity index is 1.79. The molecule has 1 saturated heterocycles. The van der Waals surface area contributed by atoms with Gasteiger partial charge in [-0.25, -0.2) is 4.98 Å². The van der Waals surface area contributed by atoms with E-state index in [1.54, 1.807) is 7.11 Å². The first kappa shape index (κ1) is 18.8. The number of aryl methyl sites for hydroxylation is 1. The normalized spacial score (nSPS) is 19.0. The smallest absolute Gasteiger partial charge is 0.239 e. The zero-order valence-electron chi connectivity index (χ0n) is 16.1. The van der Waals surface area contributed by atoms with Crippen molar-refractivity contribution in [1.82, 2.24) is 24.9 Å². The quantitative estimate of drug-likeness (QED) is 0.802. The second kappa shape index (κ2) is 7.73. The van der Waals surface area contributed by atoms with Crippen LogP contribution in [0.4, 0.5) is 0 Å². The first-order valence-corrected chi connectivity index (χ1v) is 9.13. The number of ether oxygens (including phenoxy) is 1. The minimum absolute atomic E-state index is 0.0164. The largest absolute Gasteiger partial charge is 0.383 e. The van der Waals surface area contributed by atoms with Crippen LogP contribution in [0.15, 0.2) is 24.5 Å². The van der Waals surface area contributed by atoms with Gasteiger partial charge in [0.1, 0.15) is 11.9 Å². The van der Waals surface area contributed by atoms with Crippen molar-refractivity contribution in [2.75, 3.05) is 39.9 Å². The van der Waals surface area contributed by atoms with Gasteiger partial charge in [0.05, 0.1) is 23.9 Å². The number of nitrogens with one attached hydrogen (secondary N) is 2. The van der Waals surface area contributed by atoms with Crippen molar-refractivity contribution in [2.24, 2.45) is 0 Å². The fraction of sp³-hybridized carbons (Fsp3) is 0.579. The summed E-state index contributed by atoms with van der Waals surface area (Å²) >= 11 is 0. The van der Waals surface area contributed by atoms with E-state index in [4.69, 9.17) is 4.74 Å². The average molecular weight is 359 g/mol. The molecule has 1 aliphatic rings. The summed E-state index contributed by atoms with van der Waals surface area (Å²) in [5, 5.41) is 6.52. The molecule has 0 radical (unpaired) electrons. The highest BCUT2D eigenvalue weighted by Gasteiger charge is 2.34. The van der Waals surface area contributed by atoms with Gasteiger partial charge in [-0.3, -0.25) is 9.69 Å². The zero-order valence-corrected chi connectivity index (χ0v) is 16.1. The van der Waals surface area contributed by atoms with Crippen LogP contribution in [0.2, 0.25) is 0 Å². The lowest BCUT2D eigenvalue weighted by Crippen LogP contribution is -2.60. The molecule has 0 aromatic carbocycles. The molecule has 7 heteroatoms. The summed E-state index contributed by atoms with van der Waals surface area (Å²) in [7, 11) is 1.69. The van der Waals surface area contributed by atoms with Crippen LogP contribution >= 0.6 is 0 Å². The van der Waals surface area contributed by atoms with Gasteiger partial charge in [0, 0.05) is 39.5 Å². The van der Waals surface area contributed by atoms with Gasteiger partial charge < -0.3 is 19.8 Å². The molecular weight excluding hydrogens is 330 g/mol. The van der Waals surface area contributed by atoms with Crippen molar-refractivity contribution in [2.45, 2.75) is 32.4 Å². The van der Waals surface area contributed by atoms with Crippen LogP contribution in [0.25, 0.3) is 5.52 Å². The van der Waals surface area contributed by atoms with Gasteiger partial charge in [0.25, 0.3) is 0 Å². The average Bonchev–Trinajstić information content (AvgIpc) is 3.06. The number of piperazine rings is 1. The van der Waals surface area contributed by atoms with Gasteiger partial charge in [-0.1, -0.05) is 6.07 Å². The lowest BCUT2D eigenvalue weighted by Gasteiger charge is -2.37. The Morgan fingerprint density at radius 3 is 3.08 bits per heavy atom. The van der Waals surface area contributed by atoms with Crippen LogP contribution in [-0.2, 0) is 15.1 Å². The Labute approximate surface area is 154 Å². The van der Waals surface area contributed by atoms with Crippen molar-refractivity contribution in [3.63, 3.8) is 0 Å². The highest BCUT2D eigenvalue weighted by Crippen LogP contribution is 2.22. The predicted octanol–water partition coefficient (Wildman–Crippen LogP) is 0.914. The second-order valence-corrected chi connectivity index (χ2v) is 7.39. The number of carbonyl (C=O) groups is 1. The van der Waals surface area contributed by atoms with Gasteiger partial charge in [0.2, 0.25) is 5.91 Å². The summed E-state index contributed by atoms with van der Waals surface area (Å²) in [5.41, 5.74) is 1.64. The summed E-state index contributed by atoms with van der Waals surface area (Å²) in [6, 6.07) is 3.86. The number of fused-ring (bicyclic) bond motifs is 1. The van der Waals surface area contributed by atoms with Crippen LogP contribution in [0.1, 0.15) is 25.2 Å². The molecule has 1 fully saturated rings. The third-order valence-corrected chi connectivity index (χ3v) is 5.02. The maximum atomic E-state index is 13.0. The molecule has 7 nitrogen and oxygen atoms in total. The highest BCUT2D eigenvalue weighted by atomic mass is 16.5. The van der Waals surface area contributed by atoms with Crippen LogP contribution in [0.5, 0.6) is 0 Å². The van der Waals surface area contributed by atoms with Crippen molar-refractivity contribution in [1.29, 1.82) is 0 Å². The van der Waals surface area contributed by atoms with Crippen LogP contribution < -0.4 is 10.6 Å². The molecule has 142 valence electrons. The van der Waals surface area contributed by atoms with E-state index >= 15 is 0 Å². The van der Waals surface area contributed by atoms with Crippen LogP contribution in [-0.4, -0.2) is 66.1 Å². The number of imidazole rings is 1. The van der Waals surface area contributed by atoms with E-state index in [1.165, 1.54) is 0 Å². The molecule has 2 N–H and O–H groups in total. The summed E-state index contributed by atoms with van der Waals surface area (Å²) in [6.07, 6.45) is 3.86. The van der Waals surface area contributed by atoms with Gasteiger partial charge in [0.15, 0.2) is 0 Å². The van der Waals surface area contributed by atoms with Crippen LogP contribution in [0, 0.1) is 6.92 Å². The number of amides is 1. The minimum Gasteiger partial charge on any atom is -0.383 e. The number of carbonyl (C=O) groups excluding carboxylic acids is 1. The molecule has 26 heavy (non-hydrogen) atoms. The lowest BCUT2D eigenvalue weighted by molar-refractivity contribution is -0.129. The van der Waals surface area contributed by atoms with Crippen molar-refractivity contribution in [3.05, 3.63) is 35.9 Å². The fourth-order valence-corrected chi connectivity index (χ4v) is 3.55. The number of rotatable bonds is 6. The van der Waals surface area contributed by atoms with E-state index in [9.17, 15) is 4.79 Å². The molecule has 0 aliphatic carbocycles. The summed E-state index contributed by atoms with van der Waals surface area (Å²) in [5.74, 6) is 0.847. The van der Waals surface area contributed by atoms with E-state index in [1.807, 2.05) is 32.3 Å². The van der Waals surface area contributed by atoms with Gasteiger partial charge in [-0.15, -0.1) is 0 Å². The molecule has 3 rings (SSSR count). The first-order valence-electron chi connectivity index (χ1n) is 9.13. The topological polar surface area (TPSA) is 70.9 Å². The number of methoxy groups -OCH3 is 1. The van der Waals surface area contributed by atoms with E-state index in [0.29, 0.717) is 13.2 Å². The Morgan fingerprint density at radius 1 is 1.50 bits per heavy atom. The number of hydrogen-bond acceptors (Lipinski definition) is 5. The maximum Gasteiger partial charge on any atom is 0.239 e. The van der Waals surface area contributed by atoms with Gasteiger partial charge in [-0.2, -0.15) is 0 Å². The molecule has 3 heterocycles. The standard InChI is InChI=1S/C19H29N5O2/c1-14-6-5-8-24-15(14)13-21-18(24)19(2,3)22-17(25)16-12-20-7-9-23(16)10-11-26-4/h5-6,8,13,16,20H,7,9-12H2,1-4H3,(H,22,25)/t16-/m0/s1. The molecule has 0 unspecified atom stereocenters. The maximum absolute atomic E-state index is 13.0. The van der Waals surface area contributed by atoms with Crippen molar-refractivity contribution >= 4 is 11.4 Å². The Bertz CT molecular complexity index is 770. The third-order valence-electron chi connectivity index (χ3n) is 5.02. The number of aromatic nitrogens is 2. The third kappa shape index (κ3) is 3.75. The molecule has 0 saturated carbocycles. The predicted molar refractivity (Wildman–Crippen MR) is 101 cm³/mol. The highest BCUT2D eigenvalue weighted by molar-refractivity contribution is 5.83. The van der Waals surface area contributed by atoms with Gasteiger partial charge in [-0.05, 0) is 32.4 Å². The van der Waals surface area contributed by atoms with E-state index in [2.05, 4.69) is 37.9 Å².